The summed E-state index contributed by atoms with van der Waals surface area (Å²) < 4.78 is 12.0. The Morgan fingerprint density at radius 3 is 2.51 bits per heavy atom. The Kier molecular flexibility index (Phi) is 8.54. The zero-order valence-corrected chi connectivity index (χ0v) is 23.6. The lowest BCUT2D eigenvalue weighted by Gasteiger charge is -2.37. The first-order valence-corrected chi connectivity index (χ1v) is 14.0. The van der Waals surface area contributed by atoms with E-state index in [4.69, 9.17) is 21.1 Å². The molecule has 0 spiro atoms. The van der Waals surface area contributed by atoms with Crippen LogP contribution in [0.2, 0.25) is 5.02 Å². The Labute approximate surface area is 243 Å². The monoisotopic (exact) mass is 574 g/mol. The van der Waals surface area contributed by atoms with Gasteiger partial charge >= 0.3 is 0 Å². The van der Waals surface area contributed by atoms with Crippen LogP contribution in [0.1, 0.15) is 57.5 Å². The Morgan fingerprint density at radius 1 is 1.05 bits per heavy atom. The van der Waals surface area contributed by atoms with Gasteiger partial charge in [-0.1, -0.05) is 41.9 Å². The zero-order chi connectivity index (χ0) is 29.1. The molecular formula is C32H31ClN2O6. The van der Waals surface area contributed by atoms with Crippen LogP contribution in [-0.2, 0) is 14.3 Å². The van der Waals surface area contributed by atoms with Gasteiger partial charge in [0.25, 0.3) is 17.7 Å². The predicted octanol–water partition coefficient (Wildman–Crippen LogP) is 5.84. The standard InChI is InChI=1S/C32H31ClN2O6/c1-3-40-32-24(10-7-15-36)25(20-8-5-4-6-9-20)18-28(41-32)29(37)34-22-12-14-27(19(2)16-22)35-30(38)23-13-11-21(33)17-26(23)31(35)39/h4-6,8-9,11-14,16-18,24-25,32,36H,3,7,10,15H2,1-2H3,(H,34,37). The molecule has 0 radical (unpaired) electrons. The number of aryl methyl sites for hydroxylation is 1. The van der Waals surface area contributed by atoms with Gasteiger partial charge in [-0.05, 0) is 80.3 Å². The molecule has 5 rings (SSSR count). The fourth-order valence-corrected chi connectivity index (χ4v) is 5.60. The van der Waals surface area contributed by atoms with E-state index in [1.165, 1.54) is 6.07 Å². The first kappa shape index (κ1) is 28.5. The molecule has 0 aliphatic carbocycles. The van der Waals surface area contributed by atoms with Crippen molar-refractivity contribution in [1.29, 1.82) is 0 Å². The Balaban J connectivity index is 1.39. The SMILES string of the molecule is CCOC1OC(C(=O)Nc2ccc(N3C(=O)c4ccc(Cl)cc4C3=O)c(C)c2)=CC(c2ccccc2)C1CCCO. The molecule has 0 fully saturated rings. The molecule has 0 bridgehead atoms. The average Bonchev–Trinajstić information content (AvgIpc) is 3.21. The highest BCUT2D eigenvalue weighted by Crippen LogP contribution is 2.40. The average molecular weight is 575 g/mol. The number of benzene rings is 3. The van der Waals surface area contributed by atoms with E-state index in [0.717, 1.165) is 10.5 Å². The molecule has 8 nitrogen and oxygen atoms in total. The van der Waals surface area contributed by atoms with Crippen LogP contribution >= 0.6 is 11.6 Å². The third kappa shape index (κ3) is 5.77. The molecule has 212 valence electrons. The van der Waals surface area contributed by atoms with Crippen molar-refractivity contribution in [2.45, 2.75) is 38.9 Å². The van der Waals surface area contributed by atoms with Crippen LogP contribution < -0.4 is 10.2 Å². The molecule has 3 amide bonds. The van der Waals surface area contributed by atoms with Gasteiger partial charge in [0.1, 0.15) is 0 Å². The molecule has 3 aromatic rings. The van der Waals surface area contributed by atoms with E-state index in [-0.39, 0.29) is 29.8 Å². The number of amides is 3. The molecule has 0 aromatic heterocycles. The first-order chi connectivity index (χ1) is 19.8. The molecule has 2 aliphatic heterocycles. The van der Waals surface area contributed by atoms with Crippen molar-refractivity contribution in [3.8, 4) is 0 Å². The smallest absolute Gasteiger partial charge is 0.290 e. The molecule has 0 saturated heterocycles. The van der Waals surface area contributed by atoms with Crippen LogP contribution in [0.4, 0.5) is 11.4 Å². The van der Waals surface area contributed by atoms with Gasteiger partial charge in [0.15, 0.2) is 5.76 Å². The third-order valence-corrected chi connectivity index (χ3v) is 7.60. The van der Waals surface area contributed by atoms with E-state index in [9.17, 15) is 19.5 Å². The van der Waals surface area contributed by atoms with E-state index in [2.05, 4.69) is 5.32 Å². The van der Waals surface area contributed by atoms with E-state index in [0.29, 0.717) is 47.0 Å². The third-order valence-electron chi connectivity index (χ3n) is 7.36. The number of halogens is 1. The highest BCUT2D eigenvalue weighted by atomic mass is 35.5. The lowest BCUT2D eigenvalue weighted by Crippen LogP contribution is -2.37. The van der Waals surface area contributed by atoms with Gasteiger partial charge in [-0.15, -0.1) is 0 Å². The first-order valence-electron chi connectivity index (χ1n) is 13.6. The zero-order valence-electron chi connectivity index (χ0n) is 22.8. The highest BCUT2D eigenvalue weighted by molar-refractivity contribution is 6.37. The molecule has 41 heavy (non-hydrogen) atoms. The number of carbonyl (C=O) groups excluding carboxylic acids is 3. The van der Waals surface area contributed by atoms with Crippen molar-refractivity contribution in [2.75, 3.05) is 23.4 Å². The number of allylic oxidation sites excluding steroid dienone is 1. The summed E-state index contributed by atoms with van der Waals surface area (Å²) in [6.07, 6.45) is 2.40. The van der Waals surface area contributed by atoms with Crippen LogP contribution in [0.25, 0.3) is 0 Å². The van der Waals surface area contributed by atoms with Crippen molar-refractivity contribution in [1.82, 2.24) is 0 Å². The Morgan fingerprint density at radius 2 is 1.80 bits per heavy atom. The second-order valence-corrected chi connectivity index (χ2v) is 10.5. The summed E-state index contributed by atoms with van der Waals surface area (Å²) in [6.45, 7) is 4.09. The van der Waals surface area contributed by atoms with E-state index < -0.39 is 24.0 Å². The van der Waals surface area contributed by atoms with Crippen molar-refractivity contribution >= 4 is 40.7 Å². The maximum absolute atomic E-state index is 13.4. The predicted molar refractivity (Wildman–Crippen MR) is 156 cm³/mol. The summed E-state index contributed by atoms with van der Waals surface area (Å²) in [5.74, 6) is -1.42. The maximum atomic E-state index is 13.4. The minimum absolute atomic E-state index is 0.0533. The number of anilines is 2. The molecule has 2 aliphatic rings. The summed E-state index contributed by atoms with van der Waals surface area (Å²) >= 11 is 6.04. The minimum Gasteiger partial charge on any atom is -0.459 e. The topological polar surface area (TPSA) is 105 Å². The van der Waals surface area contributed by atoms with Gasteiger partial charge in [-0.3, -0.25) is 14.4 Å². The quantitative estimate of drug-likeness (QED) is 0.311. The van der Waals surface area contributed by atoms with Gasteiger partial charge in [0, 0.05) is 35.8 Å². The molecule has 2 heterocycles. The molecular weight excluding hydrogens is 544 g/mol. The number of nitrogens with one attached hydrogen (secondary N) is 1. The van der Waals surface area contributed by atoms with Crippen molar-refractivity contribution < 1.29 is 29.0 Å². The van der Waals surface area contributed by atoms with Gasteiger partial charge in [0.2, 0.25) is 6.29 Å². The number of imide groups is 1. The van der Waals surface area contributed by atoms with E-state index in [1.54, 1.807) is 37.3 Å². The highest BCUT2D eigenvalue weighted by Gasteiger charge is 2.39. The van der Waals surface area contributed by atoms with Crippen LogP contribution in [0.5, 0.6) is 0 Å². The molecule has 9 heteroatoms. The number of aliphatic hydroxyl groups is 1. The van der Waals surface area contributed by atoms with Gasteiger partial charge in [-0.25, -0.2) is 4.90 Å². The van der Waals surface area contributed by atoms with Crippen LogP contribution in [0, 0.1) is 12.8 Å². The lowest BCUT2D eigenvalue weighted by atomic mass is 9.80. The largest absolute Gasteiger partial charge is 0.459 e. The number of aliphatic hydroxyl groups excluding tert-OH is 1. The van der Waals surface area contributed by atoms with Crippen molar-refractivity contribution in [3.05, 3.63) is 106 Å². The molecule has 3 atom stereocenters. The lowest BCUT2D eigenvalue weighted by molar-refractivity contribution is -0.165. The Hall–Kier alpha value is -3.98. The Bertz CT molecular complexity index is 1510. The normalized spacial score (nSPS) is 20.0. The van der Waals surface area contributed by atoms with Crippen molar-refractivity contribution in [2.24, 2.45) is 5.92 Å². The second kappa shape index (κ2) is 12.3. The number of nitrogens with zero attached hydrogens (tertiary/aromatic N) is 1. The summed E-state index contributed by atoms with van der Waals surface area (Å²) in [4.78, 5) is 40.6. The van der Waals surface area contributed by atoms with Crippen LogP contribution in [0.15, 0.2) is 78.6 Å². The number of ether oxygens (including phenoxy) is 2. The summed E-state index contributed by atoms with van der Waals surface area (Å²) in [7, 11) is 0. The van der Waals surface area contributed by atoms with Gasteiger partial charge < -0.3 is 19.9 Å². The number of fused-ring (bicyclic) bond motifs is 1. The van der Waals surface area contributed by atoms with Crippen LogP contribution in [0.3, 0.4) is 0 Å². The van der Waals surface area contributed by atoms with Gasteiger partial charge in [-0.2, -0.15) is 0 Å². The number of carbonyl (C=O) groups is 3. The maximum Gasteiger partial charge on any atom is 0.290 e. The molecule has 3 aromatic carbocycles. The van der Waals surface area contributed by atoms with Crippen LogP contribution in [-0.4, -0.2) is 42.3 Å². The number of hydrogen-bond donors (Lipinski definition) is 2. The molecule has 2 N–H and O–H groups in total. The van der Waals surface area contributed by atoms with Gasteiger partial charge in [0.05, 0.1) is 16.8 Å². The fraction of sp³-hybridized carbons (Fsp3) is 0.281. The summed E-state index contributed by atoms with van der Waals surface area (Å²) in [5.41, 5.74) is 3.11. The fourth-order valence-electron chi connectivity index (χ4n) is 5.43. The van der Waals surface area contributed by atoms with E-state index in [1.807, 2.05) is 43.3 Å². The molecule has 0 saturated carbocycles. The summed E-state index contributed by atoms with van der Waals surface area (Å²) in [6, 6.07) is 19.4. The molecule has 3 unspecified atom stereocenters. The van der Waals surface area contributed by atoms with Crippen molar-refractivity contribution in [3.63, 3.8) is 0 Å². The van der Waals surface area contributed by atoms with E-state index >= 15 is 0 Å². The summed E-state index contributed by atoms with van der Waals surface area (Å²) in [5, 5.41) is 12.7. The minimum atomic E-state index is -0.658. The number of rotatable bonds is 9. The number of hydrogen-bond acceptors (Lipinski definition) is 6. The second-order valence-electron chi connectivity index (χ2n) is 10.0.